The summed E-state index contributed by atoms with van der Waals surface area (Å²) >= 11 is 0. The highest BCUT2D eigenvalue weighted by Gasteiger charge is 2.28. The smallest absolute Gasteiger partial charge is 0.293 e. The number of rotatable bonds is 6. The number of aromatic nitrogens is 3. The predicted octanol–water partition coefficient (Wildman–Crippen LogP) is 1.94. The van der Waals surface area contributed by atoms with Crippen molar-refractivity contribution in [2.45, 2.75) is 20.3 Å². The predicted molar refractivity (Wildman–Crippen MR) is 109 cm³/mol. The molecule has 0 saturated carbocycles. The summed E-state index contributed by atoms with van der Waals surface area (Å²) in [6.07, 6.45) is 8.47. The number of Topliss-reactive ketones (excluding diaryl/α,β-unsaturated/α-hetero) is 2. The fourth-order valence-corrected chi connectivity index (χ4v) is 3.42. The summed E-state index contributed by atoms with van der Waals surface area (Å²) < 4.78 is 1.65. The number of nitrogens with one attached hydrogen (secondary N) is 1. The van der Waals surface area contributed by atoms with Gasteiger partial charge in [-0.1, -0.05) is 12.0 Å². The molecule has 1 aromatic carbocycles. The maximum Gasteiger partial charge on any atom is 0.293 e. The number of carbonyl (C=O) groups is 3. The van der Waals surface area contributed by atoms with Crippen molar-refractivity contribution in [2.75, 3.05) is 6.54 Å². The summed E-state index contributed by atoms with van der Waals surface area (Å²) in [4.78, 5) is 46.1. The molecule has 7 heteroatoms. The van der Waals surface area contributed by atoms with Crippen LogP contribution in [0.5, 0.6) is 0 Å². The highest BCUT2D eigenvalue weighted by Crippen LogP contribution is 2.24. The van der Waals surface area contributed by atoms with E-state index in [1.165, 1.54) is 0 Å². The van der Waals surface area contributed by atoms with E-state index >= 15 is 0 Å². The molecular weight excluding hydrogens is 368 g/mol. The molecule has 7 nitrogen and oxygen atoms in total. The molecule has 2 aromatic heterocycles. The van der Waals surface area contributed by atoms with Crippen molar-refractivity contribution in [1.29, 1.82) is 0 Å². The second-order valence-corrected chi connectivity index (χ2v) is 6.69. The number of ketones is 2. The maximum absolute atomic E-state index is 13.0. The van der Waals surface area contributed by atoms with E-state index in [9.17, 15) is 14.4 Å². The van der Waals surface area contributed by atoms with Crippen LogP contribution in [0, 0.1) is 26.2 Å². The second-order valence-electron chi connectivity index (χ2n) is 6.69. The highest BCUT2D eigenvalue weighted by molar-refractivity contribution is 6.43. The van der Waals surface area contributed by atoms with Gasteiger partial charge in [0.25, 0.3) is 11.7 Å². The standard InChI is InChI=1S/C22H20N4O3/c1-5-8-25-22(29)21(28)19-13(2)20(26(4)14(19)3)18(27)12-15-6-7-16-17(11-15)24-10-9-23-16/h1,6-7,9-11H,8,12H2,2-4H3,(H,25,29). The lowest BCUT2D eigenvalue weighted by Crippen LogP contribution is -2.31. The summed E-state index contributed by atoms with van der Waals surface area (Å²) in [5.74, 6) is 0.614. The van der Waals surface area contributed by atoms with Crippen molar-refractivity contribution < 1.29 is 14.4 Å². The number of terminal acetylenes is 1. The first-order valence-corrected chi connectivity index (χ1v) is 8.99. The summed E-state index contributed by atoms with van der Waals surface area (Å²) in [7, 11) is 1.71. The van der Waals surface area contributed by atoms with E-state index in [0.29, 0.717) is 22.5 Å². The molecule has 0 saturated heterocycles. The molecule has 1 N–H and O–H groups in total. The largest absolute Gasteiger partial charge is 0.345 e. The Morgan fingerprint density at radius 1 is 1.14 bits per heavy atom. The Balaban J connectivity index is 1.92. The topological polar surface area (TPSA) is 93.9 Å². The first-order valence-electron chi connectivity index (χ1n) is 8.99. The molecule has 0 radical (unpaired) electrons. The van der Waals surface area contributed by atoms with Crippen molar-refractivity contribution in [3.8, 4) is 12.3 Å². The van der Waals surface area contributed by atoms with E-state index in [1.54, 1.807) is 37.9 Å². The van der Waals surface area contributed by atoms with Gasteiger partial charge in [0.2, 0.25) is 0 Å². The molecule has 0 aliphatic carbocycles. The van der Waals surface area contributed by atoms with Crippen LogP contribution in [0.15, 0.2) is 30.6 Å². The zero-order valence-electron chi connectivity index (χ0n) is 16.4. The fourth-order valence-electron chi connectivity index (χ4n) is 3.42. The number of hydrogen-bond donors (Lipinski definition) is 1. The van der Waals surface area contributed by atoms with Crippen LogP contribution in [0.25, 0.3) is 11.0 Å². The Bertz CT molecular complexity index is 1180. The quantitative estimate of drug-likeness (QED) is 0.396. The third-order valence-corrected chi connectivity index (χ3v) is 4.88. The molecule has 0 fully saturated rings. The van der Waals surface area contributed by atoms with Gasteiger partial charge in [0.05, 0.1) is 28.8 Å². The van der Waals surface area contributed by atoms with Gasteiger partial charge in [0, 0.05) is 31.6 Å². The van der Waals surface area contributed by atoms with Crippen molar-refractivity contribution in [2.24, 2.45) is 7.05 Å². The fraction of sp³-hybridized carbons (Fsp3) is 0.227. The molecule has 146 valence electrons. The molecule has 3 rings (SSSR count). The van der Waals surface area contributed by atoms with Crippen molar-refractivity contribution in [3.63, 3.8) is 0 Å². The molecule has 2 heterocycles. The molecule has 0 spiro atoms. The van der Waals surface area contributed by atoms with Gasteiger partial charge in [0.15, 0.2) is 5.78 Å². The van der Waals surface area contributed by atoms with Crippen LogP contribution < -0.4 is 5.32 Å². The molecule has 0 unspecified atom stereocenters. The molecule has 29 heavy (non-hydrogen) atoms. The van der Waals surface area contributed by atoms with Crippen LogP contribution >= 0.6 is 0 Å². The molecule has 1 amide bonds. The number of carbonyl (C=O) groups excluding carboxylic acids is 3. The van der Waals surface area contributed by atoms with Crippen LogP contribution in [0.3, 0.4) is 0 Å². The van der Waals surface area contributed by atoms with Crippen molar-refractivity contribution in [3.05, 3.63) is 58.7 Å². The first kappa shape index (κ1) is 20.0. The normalized spacial score (nSPS) is 10.6. The third kappa shape index (κ3) is 3.78. The van der Waals surface area contributed by atoms with Crippen LogP contribution in [0.2, 0.25) is 0 Å². The number of benzene rings is 1. The van der Waals surface area contributed by atoms with E-state index in [0.717, 1.165) is 11.1 Å². The molecule has 0 atom stereocenters. The van der Waals surface area contributed by atoms with Crippen LogP contribution in [0.4, 0.5) is 0 Å². The summed E-state index contributed by atoms with van der Waals surface area (Å²) in [6.45, 7) is 3.34. The minimum absolute atomic E-state index is 0.0356. The Morgan fingerprint density at radius 2 is 1.83 bits per heavy atom. The SMILES string of the molecule is C#CCNC(=O)C(=O)c1c(C)c(C(=O)Cc2ccc3nccnc3c2)n(C)c1C. The van der Waals surface area contributed by atoms with E-state index in [2.05, 4.69) is 21.2 Å². The van der Waals surface area contributed by atoms with E-state index in [4.69, 9.17) is 6.42 Å². The van der Waals surface area contributed by atoms with Crippen molar-refractivity contribution in [1.82, 2.24) is 19.9 Å². The van der Waals surface area contributed by atoms with Gasteiger partial charge in [-0.25, -0.2) is 0 Å². The lowest BCUT2D eigenvalue weighted by atomic mass is 10.0. The number of hydrogen-bond acceptors (Lipinski definition) is 5. The number of fused-ring (bicyclic) bond motifs is 1. The van der Waals surface area contributed by atoms with E-state index in [1.807, 2.05) is 18.2 Å². The van der Waals surface area contributed by atoms with E-state index in [-0.39, 0.29) is 24.3 Å². The Labute approximate surface area is 168 Å². The van der Waals surface area contributed by atoms with Gasteiger partial charge in [-0.05, 0) is 37.1 Å². The second kappa shape index (κ2) is 8.07. The molecule has 3 aromatic rings. The van der Waals surface area contributed by atoms with Gasteiger partial charge in [0.1, 0.15) is 0 Å². The zero-order valence-corrected chi connectivity index (χ0v) is 16.4. The van der Waals surface area contributed by atoms with Crippen molar-refractivity contribution >= 4 is 28.5 Å². The maximum atomic E-state index is 13.0. The minimum atomic E-state index is -0.785. The summed E-state index contributed by atoms with van der Waals surface area (Å²) in [5, 5.41) is 2.37. The van der Waals surface area contributed by atoms with Gasteiger partial charge in [-0.15, -0.1) is 6.42 Å². The zero-order chi connectivity index (χ0) is 21.1. The molecule has 0 aliphatic rings. The summed E-state index contributed by atoms with van der Waals surface area (Å²) in [5.41, 5.74) is 3.91. The van der Waals surface area contributed by atoms with Gasteiger partial charge < -0.3 is 9.88 Å². The Kier molecular flexibility index (Phi) is 5.55. The van der Waals surface area contributed by atoms with Crippen LogP contribution in [-0.4, -0.2) is 38.6 Å². The van der Waals surface area contributed by atoms with E-state index < -0.39 is 11.7 Å². The average molecular weight is 388 g/mol. The monoisotopic (exact) mass is 388 g/mol. The average Bonchev–Trinajstić information content (AvgIpc) is 2.93. The summed E-state index contributed by atoms with van der Waals surface area (Å²) in [6, 6.07) is 5.48. The molecule has 0 bridgehead atoms. The molecule has 0 aliphatic heterocycles. The van der Waals surface area contributed by atoms with Crippen LogP contribution in [0.1, 0.15) is 37.7 Å². The lowest BCUT2D eigenvalue weighted by molar-refractivity contribution is -0.116. The van der Waals surface area contributed by atoms with Gasteiger partial charge in [-0.2, -0.15) is 0 Å². The Hall–Kier alpha value is -3.79. The van der Waals surface area contributed by atoms with Gasteiger partial charge in [-0.3, -0.25) is 24.4 Å². The highest BCUT2D eigenvalue weighted by atomic mass is 16.2. The lowest BCUT2D eigenvalue weighted by Gasteiger charge is -2.06. The first-order chi connectivity index (χ1) is 13.8. The van der Waals surface area contributed by atoms with Gasteiger partial charge >= 0.3 is 0 Å². The third-order valence-electron chi connectivity index (χ3n) is 4.88. The number of nitrogens with zero attached hydrogens (tertiary/aromatic N) is 3. The minimum Gasteiger partial charge on any atom is -0.345 e. The Morgan fingerprint density at radius 3 is 2.52 bits per heavy atom. The number of amides is 1. The van der Waals surface area contributed by atoms with Crippen LogP contribution in [-0.2, 0) is 18.3 Å². The molecular formula is C22H20N4O3.